The molecule has 1 aliphatic heterocycles. The molecule has 1 N–H and O–H groups in total. The van der Waals surface area contributed by atoms with Crippen LogP contribution in [0.2, 0.25) is 0 Å². The summed E-state index contributed by atoms with van der Waals surface area (Å²) in [5.41, 5.74) is 1.69. The zero-order valence-electron chi connectivity index (χ0n) is 21.2. The van der Waals surface area contributed by atoms with E-state index in [9.17, 15) is 13.5 Å². The molecule has 0 radical (unpaired) electrons. The lowest BCUT2D eigenvalue weighted by Crippen LogP contribution is -2.49. The Kier molecular flexibility index (Phi) is 9.25. The van der Waals surface area contributed by atoms with Crippen LogP contribution in [0.5, 0.6) is 5.75 Å². The van der Waals surface area contributed by atoms with Crippen molar-refractivity contribution in [3.63, 3.8) is 0 Å². The summed E-state index contributed by atoms with van der Waals surface area (Å²) in [6.07, 6.45) is 5.53. The average Bonchev–Trinajstić information content (AvgIpc) is 2.81. The molecular formula is C26H36N4O4S. The minimum absolute atomic E-state index is 0.100. The Hall–Kier alpha value is -2.51. The van der Waals surface area contributed by atoms with Crippen molar-refractivity contribution in [1.29, 1.82) is 0 Å². The highest BCUT2D eigenvalue weighted by Crippen LogP contribution is 2.34. The summed E-state index contributed by atoms with van der Waals surface area (Å²) in [6.45, 7) is 9.09. The maximum Gasteiger partial charge on any atom is 0.247 e. The minimum atomic E-state index is -3.87. The summed E-state index contributed by atoms with van der Waals surface area (Å²) >= 11 is 0. The molecule has 3 atom stereocenters. The predicted octanol–water partition coefficient (Wildman–Crippen LogP) is 2.77. The van der Waals surface area contributed by atoms with Crippen LogP contribution in [0, 0.1) is 23.7 Å². The molecule has 2 aromatic rings. The van der Waals surface area contributed by atoms with Gasteiger partial charge in [-0.2, -0.15) is 4.31 Å². The van der Waals surface area contributed by atoms with Crippen molar-refractivity contribution in [3.05, 3.63) is 48.0 Å². The number of ether oxygens (including phenoxy) is 1. The van der Waals surface area contributed by atoms with Crippen molar-refractivity contribution < 1.29 is 18.3 Å². The number of hydrogen-bond donors (Lipinski definition) is 1. The first-order chi connectivity index (χ1) is 16.6. The zero-order chi connectivity index (χ0) is 25.6. The van der Waals surface area contributed by atoms with Crippen LogP contribution >= 0.6 is 0 Å². The third-order valence-electron chi connectivity index (χ3n) is 5.97. The molecule has 0 spiro atoms. The smallest absolute Gasteiger partial charge is 0.247 e. The third-order valence-corrected chi connectivity index (χ3v) is 7.99. The van der Waals surface area contributed by atoms with Crippen LogP contribution in [-0.2, 0) is 16.6 Å². The lowest BCUT2D eigenvalue weighted by Gasteiger charge is -2.37. The van der Waals surface area contributed by atoms with Crippen LogP contribution in [0.4, 0.5) is 0 Å². The summed E-state index contributed by atoms with van der Waals surface area (Å²) in [7, 11) is -1.88. The predicted molar refractivity (Wildman–Crippen MR) is 135 cm³/mol. The van der Waals surface area contributed by atoms with E-state index in [0.717, 1.165) is 12.0 Å². The Morgan fingerprint density at radius 1 is 1.26 bits per heavy atom. The van der Waals surface area contributed by atoms with Crippen molar-refractivity contribution in [2.75, 3.05) is 26.7 Å². The second-order valence-corrected chi connectivity index (χ2v) is 11.6. The number of fused-ring (bicyclic) bond motifs is 1. The van der Waals surface area contributed by atoms with Gasteiger partial charge in [0.2, 0.25) is 10.0 Å². The summed E-state index contributed by atoms with van der Waals surface area (Å²) in [5, 5.41) is 9.80. The molecule has 2 heterocycles. The summed E-state index contributed by atoms with van der Waals surface area (Å²) < 4.78 is 35.0. The molecular weight excluding hydrogens is 464 g/mol. The number of aromatic nitrogens is 2. The van der Waals surface area contributed by atoms with E-state index in [1.54, 1.807) is 37.5 Å². The fourth-order valence-electron chi connectivity index (χ4n) is 3.97. The van der Waals surface area contributed by atoms with E-state index in [4.69, 9.17) is 4.74 Å². The quantitative estimate of drug-likeness (QED) is 0.584. The average molecular weight is 501 g/mol. The van der Waals surface area contributed by atoms with Gasteiger partial charge in [-0.3, -0.25) is 4.90 Å². The van der Waals surface area contributed by atoms with Crippen LogP contribution in [0.3, 0.4) is 0 Å². The molecule has 190 valence electrons. The van der Waals surface area contributed by atoms with E-state index in [1.165, 1.54) is 10.6 Å². The number of benzene rings is 1. The van der Waals surface area contributed by atoms with Gasteiger partial charge in [0.25, 0.3) is 0 Å². The Morgan fingerprint density at radius 3 is 2.63 bits per heavy atom. The van der Waals surface area contributed by atoms with Gasteiger partial charge in [-0.05, 0) is 38.1 Å². The first-order valence-electron chi connectivity index (χ1n) is 12.0. The fourth-order valence-corrected chi connectivity index (χ4v) is 5.80. The molecule has 8 nitrogen and oxygen atoms in total. The van der Waals surface area contributed by atoms with Crippen LogP contribution in [0.1, 0.15) is 45.2 Å². The molecule has 0 saturated heterocycles. The second-order valence-electron chi connectivity index (χ2n) is 9.74. The number of rotatable bonds is 7. The Morgan fingerprint density at radius 2 is 1.97 bits per heavy atom. The molecule has 0 bridgehead atoms. The van der Waals surface area contributed by atoms with E-state index in [0.29, 0.717) is 30.3 Å². The standard InChI is InChI=1S/C26H36N4O4S/c1-19(2)7-6-8-22-9-10-26-24(11-22)34-25(16-29(5)15-23-12-27-18-28-13-23)20(3)14-30(21(4)17-31)35(26,32)33/h9-13,18-21,25,31H,7,14-17H2,1-5H3/t20-,21-,25+/m1/s1. The first-order valence-corrected chi connectivity index (χ1v) is 13.4. The van der Waals surface area contributed by atoms with Crippen molar-refractivity contribution >= 4 is 10.0 Å². The molecule has 0 fully saturated rings. The molecule has 0 saturated carbocycles. The zero-order valence-corrected chi connectivity index (χ0v) is 22.0. The molecule has 9 heteroatoms. The van der Waals surface area contributed by atoms with Crippen molar-refractivity contribution in [3.8, 4) is 17.6 Å². The van der Waals surface area contributed by atoms with E-state index in [2.05, 4.69) is 40.6 Å². The maximum atomic E-state index is 13.6. The molecule has 0 aliphatic carbocycles. The molecule has 0 unspecified atom stereocenters. The van der Waals surface area contributed by atoms with Gasteiger partial charge >= 0.3 is 0 Å². The molecule has 35 heavy (non-hydrogen) atoms. The van der Waals surface area contributed by atoms with Gasteiger partial charge in [0.05, 0.1) is 6.61 Å². The molecule has 1 aromatic carbocycles. The number of sulfonamides is 1. The van der Waals surface area contributed by atoms with Crippen molar-refractivity contribution in [2.45, 2.75) is 57.7 Å². The SMILES string of the molecule is CC(C)CC#Cc1ccc2c(c1)O[C@@H](CN(C)Cc1cncnc1)[C@H](C)CN([C@H](C)CO)S2(=O)=O. The lowest BCUT2D eigenvalue weighted by atomic mass is 10.0. The highest BCUT2D eigenvalue weighted by Gasteiger charge is 2.38. The van der Waals surface area contributed by atoms with E-state index < -0.39 is 16.1 Å². The number of likely N-dealkylation sites (N-methyl/N-ethyl adjacent to an activating group) is 1. The highest BCUT2D eigenvalue weighted by atomic mass is 32.2. The third kappa shape index (κ3) is 7.01. The fraction of sp³-hybridized carbons (Fsp3) is 0.538. The monoisotopic (exact) mass is 500 g/mol. The maximum absolute atomic E-state index is 13.6. The van der Waals surface area contributed by atoms with Gasteiger partial charge in [0.1, 0.15) is 23.1 Å². The Balaban J connectivity index is 1.97. The van der Waals surface area contributed by atoms with E-state index in [1.807, 2.05) is 14.0 Å². The van der Waals surface area contributed by atoms with Gasteiger partial charge in [-0.1, -0.05) is 32.6 Å². The first kappa shape index (κ1) is 27.1. The summed E-state index contributed by atoms with van der Waals surface area (Å²) in [6, 6.07) is 4.45. The molecule has 1 aromatic heterocycles. The van der Waals surface area contributed by atoms with Gasteiger partial charge in [-0.25, -0.2) is 18.4 Å². The van der Waals surface area contributed by atoms with Gasteiger partial charge < -0.3 is 9.84 Å². The number of nitrogens with zero attached hydrogens (tertiary/aromatic N) is 4. The number of hydrogen-bond acceptors (Lipinski definition) is 7. The normalized spacial score (nSPS) is 20.8. The Labute approximate surface area is 209 Å². The van der Waals surface area contributed by atoms with E-state index in [-0.39, 0.29) is 30.1 Å². The van der Waals surface area contributed by atoms with E-state index >= 15 is 0 Å². The second kappa shape index (κ2) is 12.0. The number of aliphatic hydroxyl groups is 1. The summed E-state index contributed by atoms with van der Waals surface area (Å²) in [4.78, 5) is 10.4. The van der Waals surface area contributed by atoms with Crippen LogP contribution < -0.4 is 4.74 Å². The van der Waals surface area contributed by atoms with Crippen molar-refractivity contribution in [2.24, 2.45) is 11.8 Å². The highest BCUT2D eigenvalue weighted by molar-refractivity contribution is 7.89. The van der Waals surface area contributed by atoms with Crippen LogP contribution in [-0.4, -0.2) is 71.6 Å². The van der Waals surface area contributed by atoms with Crippen molar-refractivity contribution in [1.82, 2.24) is 19.2 Å². The lowest BCUT2D eigenvalue weighted by molar-refractivity contribution is 0.0733. The Bertz CT molecular complexity index is 1140. The van der Waals surface area contributed by atoms with Gasteiger partial charge in [-0.15, -0.1) is 0 Å². The largest absolute Gasteiger partial charge is 0.487 e. The van der Waals surface area contributed by atoms with Crippen LogP contribution in [0.15, 0.2) is 41.8 Å². The molecule has 0 amide bonds. The van der Waals surface area contributed by atoms with Crippen LogP contribution in [0.25, 0.3) is 0 Å². The summed E-state index contributed by atoms with van der Waals surface area (Å²) in [5.74, 6) is 6.90. The molecule has 3 rings (SSSR count). The van der Waals surface area contributed by atoms with Gasteiger partial charge in [0, 0.05) is 61.5 Å². The molecule has 1 aliphatic rings. The minimum Gasteiger partial charge on any atom is -0.487 e. The van der Waals surface area contributed by atoms with Gasteiger partial charge in [0.15, 0.2) is 0 Å². The topological polar surface area (TPSA) is 95.9 Å². The number of aliphatic hydroxyl groups excluding tert-OH is 1.